The molecule has 0 aromatic heterocycles. The van der Waals surface area contributed by atoms with Crippen LogP contribution < -0.4 is 11.5 Å². The van der Waals surface area contributed by atoms with Gasteiger partial charge in [-0.2, -0.15) is 0 Å². The first-order valence-electron chi connectivity index (χ1n) is 4.19. The van der Waals surface area contributed by atoms with Crippen LogP contribution in [-0.2, 0) is 0 Å². The minimum Gasteiger partial charge on any atom is -0.506 e. The van der Waals surface area contributed by atoms with E-state index in [1.807, 2.05) is 0 Å². The predicted octanol–water partition coefficient (Wildman–Crippen LogP) is -0.908. The number of anilines is 2. The van der Waals surface area contributed by atoms with Crippen LogP contribution in [0.3, 0.4) is 0 Å². The highest BCUT2D eigenvalue weighted by Crippen LogP contribution is 2.29. The van der Waals surface area contributed by atoms with Gasteiger partial charge in [0.15, 0.2) is 5.78 Å². The third-order valence-electron chi connectivity index (χ3n) is 2.01. The second kappa shape index (κ2) is 4.16. The summed E-state index contributed by atoms with van der Waals surface area (Å²) in [7, 11) is 0. The van der Waals surface area contributed by atoms with Crippen LogP contribution in [0.4, 0.5) is 11.4 Å². The van der Waals surface area contributed by atoms with Crippen LogP contribution in [0.25, 0.3) is 0 Å². The molecule has 1 rings (SSSR count). The highest BCUT2D eigenvalue weighted by Gasteiger charge is 2.20. The highest BCUT2D eigenvalue weighted by atomic mass is 16.3. The molecule has 82 valence electrons. The Kier molecular flexibility index (Phi) is 3.13. The van der Waals surface area contributed by atoms with Crippen LogP contribution in [0.5, 0.6) is 5.75 Å². The number of nitrogen functional groups attached to an aromatic ring is 2. The lowest BCUT2D eigenvalue weighted by atomic mass is 10.0. The number of phenolic OH excluding ortho intramolecular Hbond substituents is 1. The van der Waals surface area contributed by atoms with Crippen molar-refractivity contribution in [3.8, 4) is 5.75 Å². The summed E-state index contributed by atoms with van der Waals surface area (Å²) in [6, 6.07) is 2.44. The van der Waals surface area contributed by atoms with Crippen LogP contribution in [0.15, 0.2) is 12.1 Å². The molecule has 15 heavy (non-hydrogen) atoms. The van der Waals surface area contributed by atoms with Crippen molar-refractivity contribution in [1.82, 2.24) is 0 Å². The Balaban J connectivity index is 3.16. The fourth-order valence-electron chi connectivity index (χ4n) is 1.10. The van der Waals surface area contributed by atoms with Gasteiger partial charge in [-0.15, -0.1) is 0 Å². The van der Waals surface area contributed by atoms with Gasteiger partial charge in [0.05, 0.1) is 18.0 Å². The monoisotopic (exact) mass is 212 g/mol. The molecule has 0 bridgehead atoms. The van der Waals surface area contributed by atoms with Crippen molar-refractivity contribution in [3.63, 3.8) is 0 Å². The Hall–Kier alpha value is -1.79. The number of Topliss-reactive ketones (excluding diaryl/α,β-unsaturated/α-hetero) is 1. The zero-order valence-corrected chi connectivity index (χ0v) is 7.84. The number of ketones is 1. The van der Waals surface area contributed by atoms with Gasteiger partial charge >= 0.3 is 0 Å². The molecule has 1 aromatic carbocycles. The number of carbonyl (C=O) groups is 1. The van der Waals surface area contributed by atoms with E-state index in [9.17, 15) is 9.90 Å². The Morgan fingerprint density at radius 1 is 1.33 bits per heavy atom. The molecular formula is C9H12N2O4. The summed E-state index contributed by atoms with van der Waals surface area (Å²) in [5.74, 6) is -0.968. The van der Waals surface area contributed by atoms with Gasteiger partial charge < -0.3 is 26.8 Å². The molecule has 1 aromatic rings. The number of hydrogen-bond donors (Lipinski definition) is 5. The summed E-state index contributed by atoms with van der Waals surface area (Å²) >= 11 is 0. The summed E-state index contributed by atoms with van der Waals surface area (Å²) in [5, 5.41) is 26.9. The van der Waals surface area contributed by atoms with Crippen molar-refractivity contribution in [3.05, 3.63) is 17.7 Å². The number of aromatic hydroxyl groups is 1. The average Bonchev–Trinajstić information content (AvgIpc) is 2.24. The molecule has 0 amide bonds. The van der Waals surface area contributed by atoms with E-state index < -0.39 is 18.5 Å². The van der Waals surface area contributed by atoms with E-state index in [1.54, 1.807) is 0 Å². The number of rotatable bonds is 3. The van der Waals surface area contributed by atoms with Crippen molar-refractivity contribution in [1.29, 1.82) is 0 Å². The summed E-state index contributed by atoms with van der Waals surface area (Å²) in [5.41, 5.74) is 10.6. The Morgan fingerprint density at radius 2 is 1.93 bits per heavy atom. The molecule has 0 aliphatic carbocycles. The fraction of sp³-hybridized carbons (Fsp3) is 0.222. The van der Waals surface area contributed by atoms with Crippen LogP contribution in [0.1, 0.15) is 10.4 Å². The number of benzene rings is 1. The quantitative estimate of drug-likeness (QED) is 0.250. The number of aliphatic hydroxyl groups is 2. The first-order chi connectivity index (χ1) is 6.99. The molecule has 0 saturated heterocycles. The maximum Gasteiger partial charge on any atom is 0.195 e. The molecule has 6 nitrogen and oxygen atoms in total. The van der Waals surface area contributed by atoms with Gasteiger partial charge in [-0.25, -0.2) is 0 Å². The van der Waals surface area contributed by atoms with Gasteiger partial charge in [0, 0.05) is 5.56 Å². The van der Waals surface area contributed by atoms with E-state index in [2.05, 4.69) is 0 Å². The third kappa shape index (κ3) is 2.00. The summed E-state index contributed by atoms with van der Waals surface area (Å²) in [4.78, 5) is 11.4. The van der Waals surface area contributed by atoms with Gasteiger partial charge in [-0.3, -0.25) is 4.79 Å². The van der Waals surface area contributed by atoms with Crippen LogP contribution in [0.2, 0.25) is 0 Å². The molecule has 0 aliphatic rings. The Labute approximate surface area is 85.8 Å². The van der Waals surface area contributed by atoms with E-state index in [-0.39, 0.29) is 22.7 Å². The molecule has 0 radical (unpaired) electrons. The smallest absolute Gasteiger partial charge is 0.195 e. The maximum atomic E-state index is 11.4. The number of hydrogen-bond acceptors (Lipinski definition) is 6. The highest BCUT2D eigenvalue weighted by molar-refractivity contribution is 6.06. The molecular weight excluding hydrogens is 200 g/mol. The zero-order valence-electron chi connectivity index (χ0n) is 7.84. The number of aliphatic hydroxyl groups excluding tert-OH is 2. The largest absolute Gasteiger partial charge is 0.506 e. The van der Waals surface area contributed by atoms with Gasteiger partial charge in [-0.05, 0) is 12.1 Å². The summed E-state index contributed by atoms with van der Waals surface area (Å²) in [6.07, 6.45) is -1.53. The lowest BCUT2D eigenvalue weighted by molar-refractivity contribution is 0.0588. The summed E-state index contributed by atoms with van der Waals surface area (Å²) in [6.45, 7) is -0.695. The molecule has 6 heteroatoms. The topological polar surface area (TPSA) is 130 Å². The van der Waals surface area contributed by atoms with E-state index >= 15 is 0 Å². The second-order valence-corrected chi connectivity index (χ2v) is 3.02. The molecule has 0 saturated carbocycles. The minimum atomic E-state index is -1.53. The molecule has 0 spiro atoms. The molecule has 0 aliphatic heterocycles. The lowest BCUT2D eigenvalue weighted by Gasteiger charge is -2.11. The van der Waals surface area contributed by atoms with Crippen LogP contribution in [-0.4, -0.2) is 33.8 Å². The lowest BCUT2D eigenvalue weighted by Crippen LogP contribution is -2.25. The number of nitrogens with two attached hydrogens (primary N) is 2. The molecule has 1 unspecified atom stereocenters. The van der Waals surface area contributed by atoms with E-state index in [0.717, 1.165) is 0 Å². The molecule has 0 heterocycles. The van der Waals surface area contributed by atoms with Crippen LogP contribution >= 0.6 is 0 Å². The molecule has 7 N–H and O–H groups in total. The standard InChI is InChI=1S/C9H12N2O4/c10-7-4(9(15)6(14)3-12)1-2-5(13)8(7)11/h1-2,6,12-14H,3,10-11H2. The zero-order chi connectivity index (χ0) is 11.6. The van der Waals surface area contributed by atoms with Gasteiger partial charge in [0.2, 0.25) is 0 Å². The first-order valence-corrected chi connectivity index (χ1v) is 4.19. The molecule has 1 atom stereocenters. The van der Waals surface area contributed by atoms with E-state index in [0.29, 0.717) is 0 Å². The Bertz CT molecular complexity index is 392. The molecule has 0 fully saturated rings. The summed E-state index contributed by atoms with van der Waals surface area (Å²) < 4.78 is 0. The average molecular weight is 212 g/mol. The second-order valence-electron chi connectivity index (χ2n) is 3.02. The van der Waals surface area contributed by atoms with Gasteiger partial charge in [0.1, 0.15) is 11.9 Å². The third-order valence-corrected chi connectivity index (χ3v) is 2.01. The van der Waals surface area contributed by atoms with Gasteiger partial charge in [0.25, 0.3) is 0 Å². The predicted molar refractivity (Wildman–Crippen MR) is 54.4 cm³/mol. The van der Waals surface area contributed by atoms with Crippen LogP contribution in [0, 0.1) is 0 Å². The van der Waals surface area contributed by atoms with Crippen molar-refractivity contribution in [2.45, 2.75) is 6.10 Å². The first kappa shape index (κ1) is 11.3. The van der Waals surface area contributed by atoms with Crippen molar-refractivity contribution in [2.24, 2.45) is 0 Å². The van der Waals surface area contributed by atoms with E-state index in [4.69, 9.17) is 21.7 Å². The number of carbonyl (C=O) groups excluding carboxylic acids is 1. The fourth-order valence-corrected chi connectivity index (χ4v) is 1.10. The van der Waals surface area contributed by atoms with E-state index in [1.165, 1.54) is 12.1 Å². The van der Waals surface area contributed by atoms with Crippen molar-refractivity contribution in [2.75, 3.05) is 18.1 Å². The number of phenols is 1. The Morgan fingerprint density at radius 3 is 2.47 bits per heavy atom. The SMILES string of the molecule is Nc1c(O)ccc(C(=O)C(O)CO)c1N. The minimum absolute atomic E-state index is 0.0214. The van der Waals surface area contributed by atoms with Gasteiger partial charge in [-0.1, -0.05) is 0 Å². The van der Waals surface area contributed by atoms with Crippen molar-refractivity contribution < 1.29 is 20.1 Å². The maximum absolute atomic E-state index is 11.4. The van der Waals surface area contributed by atoms with Crippen molar-refractivity contribution >= 4 is 17.2 Å². The normalized spacial score (nSPS) is 12.4.